The van der Waals surface area contributed by atoms with E-state index in [0.29, 0.717) is 0 Å². The van der Waals surface area contributed by atoms with Gasteiger partial charge in [0.15, 0.2) is 5.96 Å². The number of hydrogen-bond donors (Lipinski definition) is 2. The van der Waals surface area contributed by atoms with Crippen molar-refractivity contribution < 1.29 is 4.52 Å². The third-order valence-electron chi connectivity index (χ3n) is 3.15. The highest BCUT2D eigenvalue weighted by Crippen LogP contribution is 2.11. The molecular weight excluding hydrogens is 367 g/mol. The first-order chi connectivity index (χ1) is 9.19. The number of hydrogen-bond acceptors (Lipinski definition) is 3. The van der Waals surface area contributed by atoms with E-state index in [1.807, 2.05) is 13.8 Å². The highest BCUT2D eigenvalue weighted by molar-refractivity contribution is 14.0. The molecule has 1 aromatic rings. The fourth-order valence-electron chi connectivity index (χ4n) is 1.97. The monoisotopic (exact) mass is 394 g/mol. The van der Waals surface area contributed by atoms with Gasteiger partial charge in [-0.2, -0.15) is 0 Å². The summed E-state index contributed by atoms with van der Waals surface area (Å²) in [5, 5.41) is 10.6. The van der Waals surface area contributed by atoms with Crippen molar-refractivity contribution in [2.45, 2.75) is 46.5 Å². The van der Waals surface area contributed by atoms with Crippen LogP contribution >= 0.6 is 24.0 Å². The Kier molecular flexibility index (Phi) is 10.5. The van der Waals surface area contributed by atoms with E-state index in [-0.39, 0.29) is 24.0 Å². The Labute approximate surface area is 139 Å². The molecule has 2 N–H and O–H groups in total. The molecule has 5 nitrogen and oxygen atoms in total. The molecule has 0 aliphatic rings. The molecule has 6 heteroatoms. The summed E-state index contributed by atoms with van der Waals surface area (Å²) in [6.07, 6.45) is 4.57. The maximum atomic E-state index is 5.15. The average molecular weight is 394 g/mol. The Morgan fingerprint density at radius 1 is 1.20 bits per heavy atom. The number of unbranched alkanes of at least 4 members (excludes halogenated alkanes) is 2. The Hall–Kier alpha value is -0.790. The van der Waals surface area contributed by atoms with Gasteiger partial charge in [0.2, 0.25) is 0 Å². The van der Waals surface area contributed by atoms with Gasteiger partial charge in [-0.05, 0) is 26.7 Å². The minimum Gasteiger partial charge on any atom is -0.361 e. The van der Waals surface area contributed by atoms with Gasteiger partial charge in [0.05, 0.1) is 5.69 Å². The Morgan fingerprint density at radius 3 is 2.45 bits per heavy atom. The predicted octanol–water partition coefficient (Wildman–Crippen LogP) is 2.81. The van der Waals surface area contributed by atoms with Crippen LogP contribution in [-0.2, 0) is 6.42 Å². The van der Waals surface area contributed by atoms with Gasteiger partial charge in [0.1, 0.15) is 5.76 Å². The van der Waals surface area contributed by atoms with Crippen LogP contribution in [0, 0.1) is 13.8 Å². The van der Waals surface area contributed by atoms with Crippen LogP contribution in [0.1, 0.15) is 43.2 Å². The van der Waals surface area contributed by atoms with Crippen molar-refractivity contribution in [3.8, 4) is 0 Å². The van der Waals surface area contributed by atoms with E-state index < -0.39 is 0 Å². The number of halogens is 1. The predicted molar refractivity (Wildman–Crippen MR) is 94.0 cm³/mol. The van der Waals surface area contributed by atoms with Gasteiger partial charge in [0.25, 0.3) is 0 Å². The molecule has 0 atom stereocenters. The molecule has 0 amide bonds. The fourth-order valence-corrected chi connectivity index (χ4v) is 1.97. The van der Waals surface area contributed by atoms with Crippen LogP contribution in [0.25, 0.3) is 0 Å². The van der Waals surface area contributed by atoms with E-state index in [0.717, 1.165) is 36.9 Å². The summed E-state index contributed by atoms with van der Waals surface area (Å²) in [5.41, 5.74) is 2.17. The topological polar surface area (TPSA) is 62.5 Å². The molecule has 0 spiro atoms. The van der Waals surface area contributed by atoms with Crippen molar-refractivity contribution in [3.05, 3.63) is 17.0 Å². The Morgan fingerprint density at radius 2 is 1.90 bits per heavy atom. The first-order valence-corrected chi connectivity index (χ1v) is 7.05. The van der Waals surface area contributed by atoms with Crippen molar-refractivity contribution in [2.75, 3.05) is 20.1 Å². The summed E-state index contributed by atoms with van der Waals surface area (Å²) >= 11 is 0. The van der Waals surface area contributed by atoms with E-state index >= 15 is 0 Å². The lowest BCUT2D eigenvalue weighted by molar-refractivity contribution is 0.392. The van der Waals surface area contributed by atoms with E-state index in [1.54, 1.807) is 7.05 Å². The Balaban J connectivity index is 0.00000361. The van der Waals surface area contributed by atoms with Crippen molar-refractivity contribution in [1.82, 2.24) is 15.8 Å². The molecule has 1 rings (SSSR count). The SMILES string of the molecule is CCCCCNC(=NC)NCCc1c(C)noc1C.I. The second-order valence-electron chi connectivity index (χ2n) is 4.69. The van der Waals surface area contributed by atoms with E-state index in [9.17, 15) is 0 Å². The number of guanidine groups is 1. The second-order valence-corrected chi connectivity index (χ2v) is 4.69. The molecule has 0 saturated carbocycles. The van der Waals surface area contributed by atoms with Gasteiger partial charge < -0.3 is 15.2 Å². The first-order valence-electron chi connectivity index (χ1n) is 7.05. The lowest BCUT2D eigenvalue weighted by Gasteiger charge is -2.11. The zero-order valence-electron chi connectivity index (χ0n) is 13.0. The van der Waals surface area contributed by atoms with Crippen LogP contribution in [0.2, 0.25) is 0 Å². The largest absolute Gasteiger partial charge is 0.361 e. The van der Waals surface area contributed by atoms with E-state index in [4.69, 9.17) is 4.52 Å². The molecule has 0 bridgehead atoms. The van der Waals surface area contributed by atoms with Gasteiger partial charge in [-0.25, -0.2) is 0 Å². The number of aromatic nitrogens is 1. The van der Waals surface area contributed by atoms with Crippen LogP contribution in [0.3, 0.4) is 0 Å². The highest BCUT2D eigenvalue weighted by atomic mass is 127. The number of aliphatic imine (C=N–C) groups is 1. The molecular formula is C14H27IN4O. The van der Waals surface area contributed by atoms with Crippen LogP contribution in [-0.4, -0.2) is 31.3 Å². The third kappa shape index (κ3) is 6.58. The molecule has 116 valence electrons. The zero-order valence-corrected chi connectivity index (χ0v) is 15.3. The molecule has 0 aliphatic carbocycles. The number of rotatable bonds is 7. The maximum Gasteiger partial charge on any atom is 0.190 e. The number of aryl methyl sites for hydroxylation is 2. The molecule has 0 unspecified atom stereocenters. The van der Waals surface area contributed by atoms with Crippen molar-refractivity contribution in [3.63, 3.8) is 0 Å². The summed E-state index contributed by atoms with van der Waals surface area (Å²) in [6, 6.07) is 0. The minimum atomic E-state index is 0. The maximum absolute atomic E-state index is 5.15. The first kappa shape index (κ1) is 19.2. The molecule has 0 aromatic carbocycles. The number of nitrogens with one attached hydrogen (secondary N) is 2. The number of nitrogens with zero attached hydrogens (tertiary/aromatic N) is 2. The quantitative estimate of drug-likeness (QED) is 0.323. The lowest BCUT2D eigenvalue weighted by Crippen LogP contribution is -2.38. The van der Waals surface area contributed by atoms with Crippen LogP contribution < -0.4 is 10.6 Å². The molecule has 0 aliphatic heterocycles. The summed E-state index contributed by atoms with van der Waals surface area (Å²) in [5.74, 6) is 1.77. The smallest absolute Gasteiger partial charge is 0.190 e. The second kappa shape index (κ2) is 10.9. The molecule has 0 radical (unpaired) electrons. The molecule has 1 heterocycles. The van der Waals surface area contributed by atoms with Gasteiger partial charge in [-0.15, -0.1) is 24.0 Å². The average Bonchev–Trinajstić information content (AvgIpc) is 2.73. The normalized spacial score (nSPS) is 11.1. The third-order valence-corrected chi connectivity index (χ3v) is 3.15. The van der Waals surface area contributed by atoms with Gasteiger partial charge in [0, 0.05) is 25.7 Å². The van der Waals surface area contributed by atoms with Crippen molar-refractivity contribution >= 4 is 29.9 Å². The van der Waals surface area contributed by atoms with Crippen LogP contribution in [0.5, 0.6) is 0 Å². The van der Waals surface area contributed by atoms with E-state index in [1.165, 1.54) is 24.8 Å². The van der Waals surface area contributed by atoms with Gasteiger partial charge in [-0.1, -0.05) is 24.9 Å². The standard InChI is InChI=1S/C14H26N4O.HI/c1-5-6-7-9-16-14(15-4)17-10-8-13-11(2)18-19-12(13)3;/h5-10H2,1-4H3,(H2,15,16,17);1H. The van der Waals surface area contributed by atoms with Gasteiger partial charge >= 0.3 is 0 Å². The van der Waals surface area contributed by atoms with Crippen molar-refractivity contribution in [1.29, 1.82) is 0 Å². The van der Waals surface area contributed by atoms with Crippen LogP contribution in [0.15, 0.2) is 9.52 Å². The van der Waals surface area contributed by atoms with Gasteiger partial charge in [-0.3, -0.25) is 4.99 Å². The van der Waals surface area contributed by atoms with Crippen molar-refractivity contribution in [2.24, 2.45) is 4.99 Å². The van der Waals surface area contributed by atoms with Crippen LogP contribution in [0.4, 0.5) is 0 Å². The summed E-state index contributed by atoms with van der Waals surface area (Å²) in [7, 11) is 1.80. The minimum absolute atomic E-state index is 0. The Bertz CT molecular complexity index is 384. The van der Waals surface area contributed by atoms with E-state index in [2.05, 4.69) is 27.7 Å². The summed E-state index contributed by atoms with van der Waals surface area (Å²) in [4.78, 5) is 4.20. The summed E-state index contributed by atoms with van der Waals surface area (Å²) in [6.45, 7) is 7.93. The fraction of sp³-hybridized carbons (Fsp3) is 0.714. The molecule has 0 fully saturated rings. The lowest BCUT2D eigenvalue weighted by atomic mass is 10.1. The highest BCUT2D eigenvalue weighted by Gasteiger charge is 2.08. The molecule has 20 heavy (non-hydrogen) atoms. The summed E-state index contributed by atoms with van der Waals surface area (Å²) < 4.78 is 5.15. The molecule has 0 saturated heterocycles. The molecule has 1 aromatic heterocycles. The zero-order chi connectivity index (χ0) is 14.1.